The van der Waals surface area contributed by atoms with Crippen molar-refractivity contribution in [1.29, 1.82) is 0 Å². The van der Waals surface area contributed by atoms with Gasteiger partial charge in [0.1, 0.15) is 5.69 Å². The Hall–Kier alpha value is -2.63. The Morgan fingerprint density at radius 1 is 1.00 bits per heavy atom. The minimum Gasteiger partial charge on any atom is -0.368 e. The van der Waals surface area contributed by atoms with E-state index in [0.717, 1.165) is 44.9 Å². The Balaban J connectivity index is 1.39. The van der Waals surface area contributed by atoms with E-state index in [1.807, 2.05) is 4.90 Å². The molecule has 0 bridgehead atoms. The highest BCUT2D eigenvalue weighted by Crippen LogP contribution is 2.21. The second kappa shape index (κ2) is 8.17. The predicted octanol–water partition coefficient (Wildman–Crippen LogP) is 2.98. The van der Waals surface area contributed by atoms with Gasteiger partial charge in [0.2, 0.25) is 5.95 Å². The van der Waals surface area contributed by atoms with Gasteiger partial charge in [-0.2, -0.15) is 0 Å². The molecule has 1 amide bonds. The maximum atomic E-state index is 13.0. The first-order chi connectivity index (χ1) is 13.6. The van der Waals surface area contributed by atoms with Crippen LogP contribution >= 0.6 is 0 Å². The van der Waals surface area contributed by atoms with Crippen molar-refractivity contribution in [2.24, 2.45) is 5.92 Å². The van der Waals surface area contributed by atoms with Crippen LogP contribution in [0.15, 0.2) is 36.5 Å². The SMILES string of the molecule is Cc1cccc(N2CCN(C(=O)c3ccnc(N4CCC(C)CC4)n3)CC2)c1. The molecule has 28 heavy (non-hydrogen) atoms. The highest BCUT2D eigenvalue weighted by atomic mass is 16.2. The maximum Gasteiger partial charge on any atom is 0.272 e. The molecule has 0 N–H and O–H groups in total. The first-order valence-corrected chi connectivity index (χ1v) is 10.3. The van der Waals surface area contributed by atoms with Crippen LogP contribution in [0.25, 0.3) is 0 Å². The van der Waals surface area contributed by atoms with Gasteiger partial charge in [0, 0.05) is 51.2 Å². The average Bonchev–Trinajstić information content (AvgIpc) is 2.74. The predicted molar refractivity (Wildman–Crippen MR) is 112 cm³/mol. The quantitative estimate of drug-likeness (QED) is 0.821. The lowest BCUT2D eigenvalue weighted by atomic mass is 10.00. The molecule has 1 aromatic carbocycles. The first-order valence-electron chi connectivity index (χ1n) is 10.3. The van der Waals surface area contributed by atoms with Crippen LogP contribution in [0.4, 0.5) is 11.6 Å². The van der Waals surface area contributed by atoms with Gasteiger partial charge in [-0.25, -0.2) is 9.97 Å². The lowest BCUT2D eigenvalue weighted by molar-refractivity contribution is 0.0740. The van der Waals surface area contributed by atoms with Crippen LogP contribution in [0.1, 0.15) is 35.8 Å². The van der Waals surface area contributed by atoms with Gasteiger partial charge in [0.05, 0.1) is 0 Å². The molecule has 2 aliphatic rings. The molecule has 6 heteroatoms. The molecule has 1 aromatic heterocycles. The fraction of sp³-hybridized carbons (Fsp3) is 0.500. The number of piperidine rings is 1. The standard InChI is InChI=1S/C22H29N5O/c1-17-7-10-27(11-8-17)22-23-9-6-20(24-22)21(28)26-14-12-25(13-15-26)19-5-3-4-18(2)16-19/h3-6,9,16-17H,7-8,10-15H2,1-2H3. The van der Waals surface area contributed by atoms with Crippen molar-refractivity contribution in [3.05, 3.63) is 47.8 Å². The number of amides is 1. The van der Waals surface area contributed by atoms with E-state index in [2.05, 4.69) is 57.9 Å². The number of benzene rings is 1. The van der Waals surface area contributed by atoms with Crippen LogP contribution < -0.4 is 9.80 Å². The summed E-state index contributed by atoms with van der Waals surface area (Å²) in [5.74, 6) is 1.46. The van der Waals surface area contributed by atoms with Gasteiger partial charge in [-0.3, -0.25) is 4.79 Å². The molecule has 2 aliphatic heterocycles. The normalized spacial score (nSPS) is 18.4. The molecule has 2 aromatic rings. The van der Waals surface area contributed by atoms with E-state index in [0.29, 0.717) is 24.7 Å². The summed E-state index contributed by atoms with van der Waals surface area (Å²) in [7, 11) is 0. The fourth-order valence-electron chi connectivity index (χ4n) is 3.98. The van der Waals surface area contributed by atoms with Crippen molar-refractivity contribution in [3.63, 3.8) is 0 Å². The van der Waals surface area contributed by atoms with Crippen LogP contribution in [0, 0.1) is 12.8 Å². The number of aryl methyl sites for hydroxylation is 1. The molecular weight excluding hydrogens is 350 g/mol. The lowest BCUT2D eigenvalue weighted by Gasteiger charge is -2.36. The van der Waals surface area contributed by atoms with Crippen LogP contribution in [-0.2, 0) is 0 Å². The zero-order chi connectivity index (χ0) is 19.5. The van der Waals surface area contributed by atoms with Crippen molar-refractivity contribution < 1.29 is 4.79 Å². The van der Waals surface area contributed by atoms with Gasteiger partial charge in [-0.15, -0.1) is 0 Å². The largest absolute Gasteiger partial charge is 0.368 e. The number of carbonyl (C=O) groups is 1. The molecule has 2 fully saturated rings. The van der Waals surface area contributed by atoms with Gasteiger partial charge in [0.25, 0.3) is 5.91 Å². The molecule has 2 saturated heterocycles. The van der Waals surface area contributed by atoms with Crippen molar-refractivity contribution in [2.75, 3.05) is 49.1 Å². The highest BCUT2D eigenvalue weighted by Gasteiger charge is 2.25. The molecule has 148 valence electrons. The fourth-order valence-corrected chi connectivity index (χ4v) is 3.98. The van der Waals surface area contributed by atoms with E-state index in [-0.39, 0.29) is 5.91 Å². The second-order valence-electron chi connectivity index (χ2n) is 8.03. The molecule has 0 aliphatic carbocycles. The number of hydrogen-bond donors (Lipinski definition) is 0. The van der Waals surface area contributed by atoms with Crippen LogP contribution in [0.5, 0.6) is 0 Å². The molecule has 0 spiro atoms. The third-order valence-corrected chi connectivity index (χ3v) is 5.86. The van der Waals surface area contributed by atoms with E-state index in [1.165, 1.54) is 11.3 Å². The maximum absolute atomic E-state index is 13.0. The summed E-state index contributed by atoms with van der Waals surface area (Å²) in [5.41, 5.74) is 3.00. The summed E-state index contributed by atoms with van der Waals surface area (Å²) in [6.07, 6.45) is 4.03. The smallest absolute Gasteiger partial charge is 0.272 e. The van der Waals surface area contributed by atoms with E-state index >= 15 is 0 Å². The number of hydrogen-bond acceptors (Lipinski definition) is 5. The van der Waals surface area contributed by atoms with E-state index in [1.54, 1.807) is 12.3 Å². The van der Waals surface area contributed by atoms with Crippen molar-refractivity contribution >= 4 is 17.5 Å². The van der Waals surface area contributed by atoms with Crippen LogP contribution in [0.2, 0.25) is 0 Å². The average molecular weight is 380 g/mol. The van der Waals surface area contributed by atoms with Crippen molar-refractivity contribution in [3.8, 4) is 0 Å². The topological polar surface area (TPSA) is 52.6 Å². The van der Waals surface area contributed by atoms with Crippen molar-refractivity contribution in [2.45, 2.75) is 26.7 Å². The molecule has 0 radical (unpaired) electrons. The molecular formula is C22H29N5O. The highest BCUT2D eigenvalue weighted by molar-refractivity contribution is 5.92. The van der Waals surface area contributed by atoms with Gasteiger partial charge in [0.15, 0.2) is 0 Å². The number of rotatable bonds is 3. The van der Waals surface area contributed by atoms with Gasteiger partial charge in [-0.05, 0) is 49.4 Å². The minimum atomic E-state index is 0.0120. The zero-order valence-corrected chi connectivity index (χ0v) is 16.8. The van der Waals surface area contributed by atoms with Gasteiger partial charge < -0.3 is 14.7 Å². The molecule has 0 atom stereocenters. The van der Waals surface area contributed by atoms with Crippen molar-refractivity contribution in [1.82, 2.24) is 14.9 Å². The Morgan fingerprint density at radius 3 is 2.46 bits per heavy atom. The number of aromatic nitrogens is 2. The van der Waals surface area contributed by atoms with Gasteiger partial charge >= 0.3 is 0 Å². The lowest BCUT2D eigenvalue weighted by Crippen LogP contribution is -2.49. The summed E-state index contributed by atoms with van der Waals surface area (Å²) < 4.78 is 0. The second-order valence-corrected chi connectivity index (χ2v) is 8.03. The summed E-state index contributed by atoms with van der Waals surface area (Å²) in [4.78, 5) is 28.4. The number of anilines is 2. The molecule has 4 rings (SSSR count). The zero-order valence-electron chi connectivity index (χ0n) is 16.8. The Morgan fingerprint density at radius 2 is 1.75 bits per heavy atom. The third kappa shape index (κ3) is 4.11. The third-order valence-electron chi connectivity index (χ3n) is 5.86. The number of piperazine rings is 1. The molecule has 6 nitrogen and oxygen atoms in total. The van der Waals surface area contributed by atoms with Gasteiger partial charge in [-0.1, -0.05) is 19.1 Å². The Labute approximate surface area is 167 Å². The summed E-state index contributed by atoms with van der Waals surface area (Å²) >= 11 is 0. The number of nitrogens with zero attached hydrogens (tertiary/aromatic N) is 5. The molecule has 0 unspecified atom stereocenters. The number of carbonyl (C=O) groups excluding carboxylic acids is 1. The summed E-state index contributed by atoms with van der Waals surface area (Å²) in [5, 5.41) is 0. The van der Waals surface area contributed by atoms with E-state index < -0.39 is 0 Å². The first kappa shape index (κ1) is 18.7. The van der Waals surface area contributed by atoms with Crippen LogP contribution in [0.3, 0.4) is 0 Å². The van der Waals surface area contributed by atoms with E-state index in [4.69, 9.17) is 0 Å². The monoisotopic (exact) mass is 379 g/mol. The van der Waals surface area contributed by atoms with Crippen LogP contribution in [-0.4, -0.2) is 60.0 Å². The molecule has 0 saturated carbocycles. The summed E-state index contributed by atoms with van der Waals surface area (Å²) in [6, 6.07) is 10.3. The Bertz CT molecular complexity index is 823. The minimum absolute atomic E-state index is 0.0120. The Kier molecular flexibility index (Phi) is 5.46. The van der Waals surface area contributed by atoms with E-state index in [9.17, 15) is 4.79 Å². The summed E-state index contributed by atoms with van der Waals surface area (Å²) in [6.45, 7) is 9.45. The molecule has 3 heterocycles.